The van der Waals surface area contributed by atoms with E-state index in [4.69, 9.17) is 4.74 Å². The Kier molecular flexibility index (Phi) is 7.91. The lowest BCUT2D eigenvalue weighted by atomic mass is 10.0. The number of halogens is 3. The molecule has 172 valence electrons. The summed E-state index contributed by atoms with van der Waals surface area (Å²) in [5, 5.41) is 2.77. The number of ketones is 1. The molecule has 0 bridgehead atoms. The fourth-order valence-corrected chi connectivity index (χ4v) is 3.81. The lowest BCUT2D eigenvalue weighted by Gasteiger charge is -2.26. The Labute approximate surface area is 188 Å². The molecule has 0 saturated carbocycles. The lowest BCUT2D eigenvalue weighted by Crippen LogP contribution is -2.41. The zero-order valence-electron chi connectivity index (χ0n) is 17.7. The Hall–Kier alpha value is -2.43. The van der Waals surface area contributed by atoms with Gasteiger partial charge in [0.1, 0.15) is 5.69 Å². The van der Waals surface area contributed by atoms with Gasteiger partial charge in [-0.25, -0.2) is 0 Å². The predicted molar refractivity (Wildman–Crippen MR) is 117 cm³/mol. The highest BCUT2D eigenvalue weighted by molar-refractivity contribution is 8.00. The third-order valence-corrected chi connectivity index (χ3v) is 5.51. The van der Waals surface area contributed by atoms with Gasteiger partial charge in [0.05, 0.1) is 25.4 Å². The van der Waals surface area contributed by atoms with Crippen LogP contribution >= 0.6 is 11.8 Å². The Bertz CT molecular complexity index is 976. The molecule has 3 rings (SSSR count). The van der Waals surface area contributed by atoms with Gasteiger partial charge in [0.2, 0.25) is 5.91 Å². The van der Waals surface area contributed by atoms with E-state index in [0.29, 0.717) is 37.4 Å². The zero-order valence-corrected chi connectivity index (χ0v) is 18.6. The summed E-state index contributed by atoms with van der Waals surface area (Å²) in [6, 6.07) is 7.53. The van der Waals surface area contributed by atoms with Crippen molar-refractivity contribution in [2.24, 2.45) is 5.92 Å². The molecule has 0 atom stereocenters. The molecule has 0 aliphatic carbocycles. The first-order valence-electron chi connectivity index (χ1n) is 10.1. The maximum atomic E-state index is 12.7. The van der Waals surface area contributed by atoms with E-state index in [0.717, 1.165) is 0 Å². The summed E-state index contributed by atoms with van der Waals surface area (Å²) in [5.41, 5.74) is -3.04. The van der Waals surface area contributed by atoms with Crippen molar-refractivity contribution in [2.75, 3.05) is 38.2 Å². The maximum Gasteiger partial charge on any atom is 0.446 e. The molecule has 1 fully saturated rings. The van der Waals surface area contributed by atoms with E-state index >= 15 is 0 Å². The summed E-state index contributed by atoms with van der Waals surface area (Å²) in [5.74, 6) is -0.876. The maximum absolute atomic E-state index is 12.7. The van der Waals surface area contributed by atoms with Crippen LogP contribution < -0.4 is 5.32 Å². The van der Waals surface area contributed by atoms with Crippen LogP contribution in [0.2, 0.25) is 0 Å². The number of benzene rings is 1. The van der Waals surface area contributed by atoms with Crippen molar-refractivity contribution >= 4 is 29.1 Å². The first kappa shape index (κ1) is 24.2. The van der Waals surface area contributed by atoms with Gasteiger partial charge in [-0.2, -0.15) is 13.2 Å². The molecular formula is C22H24F3N3O3S. The van der Waals surface area contributed by atoms with Gasteiger partial charge in [-0.3, -0.25) is 19.5 Å². The van der Waals surface area contributed by atoms with Gasteiger partial charge in [-0.1, -0.05) is 26.0 Å². The molecule has 10 heteroatoms. The first-order valence-corrected chi connectivity index (χ1v) is 10.9. The predicted octanol–water partition coefficient (Wildman–Crippen LogP) is 4.47. The van der Waals surface area contributed by atoms with Gasteiger partial charge in [-0.15, -0.1) is 0 Å². The van der Waals surface area contributed by atoms with Crippen LogP contribution in [0, 0.1) is 5.92 Å². The Morgan fingerprint density at radius 3 is 2.56 bits per heavy atom. The van der Waals surface area contributed by atoms with Crippen molar-refractivity contribution in [3.8, 4) is 11.1 Å². The molecule has 1 aromatic heterocycles. The van der Waals surface area contributed by atoms with Crippen molar-refractivity contribution in [2.45, 2.75) is 24.3 Å². The highest BCUT2D eigenvalue weighted by Gasteiger charge is 2.29. The summed E-state index contributed by atoms with van der Waals surface area (Å²) >= 11 is -0.204. The minimum absolute atomic E-state index is 0.0373. The van der Waals surface area contributed by atoms with Crippen molar-refractivity contribution in [1.29, 1.82) is 0 Å². The number of hydrogen-bond acceptors (Lipinski definition) is 6. The minimum Gasteiger partial charge on any atom is -0.379 e. The van der Waals surface area contributed by atoms with Crippen LogP contribution in [-0.4, -0.2) is 59.9 Å². The van der Waals surface area contributed by atoms with Gasteiger partial charge in [0.25, 0.3) is 0 Å². The fraction of sp³-hybridized carbons (Fsp3) is 0.409. The summed E-state index contributed by atoms with van der Waals surface area (Å²) < 4.78 is 43.5. The van der Waals surface area contributed by atoms with Crippen molar-refractivity contribution in [1.82, 2.24) is 9.88 Å². The van der Waals surface area contributed by atoms with Crippen LogP contribution in [0.4, 0.5) is 18.9 Å². The molecule has 0 spiro atoms. The Morgan fingerprint density at radius 1 is 1.19 bits per heavy atom. The number of pyridine rings is 1. The molecule has 2 aromatic rings. The number of amides is 1. The summed E-state index contributed by atoms with van der Waals surface area (Å²) in [6.07, 6.45) is 1.44. The second-order valence-corrected chi connectivity index (χ2v) is 8.79. The van der Waals surface area contributed by atoms with E-state index in [1.807, 2.05) is 4.90 Å². The smallest absolute Gasteiger partial charge is 0.379 e. The summed E-state index contributed by atoms with van der Waals surface area (Å²) in [4.78, 5) is 31.5. The van der Waals surface area contributed by atoms with Crippen molar-refractivity contribution in [3.63, 3.8) is 0 Å². The highest BCUT2D eigenvalue weighted by Crippen LogP contribution is 2.38. The second-order valence-electron chi connectivity index (χ2n) is 7.65. The van der Waals surface area contributed by atoms with Gasteiger partial charge >= 0.3 is 5.51 Å². The number of carbonyl (C=O) groups is 2. The Morgan fingerprint density at radius 2 is 1.91 bits per heavy atom. The third-order valence-electron chi connectivity index (χ3n) is 4.79. The quantitative estimate of drug-likeness (QED) is 0.479. The molecular weight excluding hydrogens is 443 g/mol. The van der Waals surface area contributed by atoms with Crippen LogP contribution in [0.1, 0.15) is 24.3 Å². The number of nitrogens with zero attached hydrogens (tertiary/aromatic N) is 2. The lowest BCUT2D eigenvalue weighted by molar-refractivity contribution is -0.118. The van der Waals surface area contributed by atoms with E-state index in [2.05, 4.69) is 10.3 Å². The number of Topliss-reactive ketones (excluding diaryl/α,β-unsaturated/α-hetero) is 1. The number of ether oxygens (including phenoxy) is 1. The molecule has 1 aromatic carbocycles. The highest BCUT2D eigenvalue weighted by atomic mass is 32.2. The number of aromatic nitrogens is 1. The number of carbonyl (C=O) groups excluding carboxylic acids is 2. The van der Waals surface area contributed by atoms with Gasteiger partial charge in [-0.05, 0) is 35.5 Å². The number of morpholine rings is 1. The molecule has 1 amide bonds. The SMILES string of the molecule is CC(C)C(=O)c1ncc(-c2cccc(SC(F)(F)F)c2)cc1NC(=O)CN1CCOCC1. The monoisotopic (exact) mass is 467 g/mol. The van der Waals surface area contributed by atoms with E-state index in [1.165, 1.54) is 24.4 Å². The first-order chi connectivity index (χ1) is 15.1. The number of hydrogen-bond donors (Lipinski definition) is 1. The van der Waals surface area contributed by atoms with Crippen LogP contribution in [0.3, 0.4) is 0 Å². The molecule has 1 aliphatic rings. The average Bonchev–Trinajstić information content (AvgIpc) is 2.72. The molecule has 32 heavy (non-hydrogen) atoms. The second kappa shape index (κ2) is 10.5. The van der Waals surface area contributed by atoms with E-state index in [1.54, 1.807) is 26.0 Å². The Balaban J connectivity index is 1.88. The topological polar surface area (TPSA) is 71.5 Å². The van der Waals surface area contributed by atoms with E-state index in [-0.39, 0.29) is 52.2 Å². The van der Waals surface area contributed by atoms with Gasteiger partial charge in [0, 0.05) is 35.7 Å². The standard InChI is InChI=1S/C22H24F3N3O3S/c1-14(2)21(30)20-18(27-19(29)13-28-6-8-31-9-7-28)11-16(12-26-20)15-4-3-5-17(10-15)32-22(23,24)25/h3-5,10-12,14H,6-9,13H2,1-2H3,(H,27,29). The van der Waals surface area contributed by atoms with Crippen LogP contribution in [0.25, 0.3) is 11.1 Å². The molecule has 6 nitrogen and oxygen atoms in total. The molecule has 0 unspecified atom stereocenters. The number of alkyl halides is 3. The van der Waals surface area contributed by atoms with Crippen molar-refractivity contribution in [3.05, 3.63) is 42.2 Å². The number of nitrogens with one attached hydrogen (secondary N) is 1. The van der Waals surface area contributed by atoms with Crippen molar-refractivity contribution < 1.29 is 27.5 Å². The van der Waals surface area contributed by atoms with Crippen LogP contribution in [-0.2, 0) is 9.53 Å². The molecule has 1 aliphatic heterocycles. The average molecular weight is 468 g/mol. The van der Waals surface area contributed by atoms with E-state index < -0.39 is 5.51 Å². The molecule has 2 heterocycles. The van der Waals surface area contributed by atoms with Crippen LogP contribution in [0.5, 0.6) is 0 Å². The summed E-state index contributed by atoms with van der Waals surface area (Å²) in [7, 11) is 0. The van der Waals surface area contributed by atoms with Crippen LogP contribution in [0.15, 0.2) is 41.4 Å². The molecule has 1 N–H and O–H groups in total. The van der Waals surface area contributed by atoms with E-state index in [9.17, 15) is 22.8 Å². The normalized spacial score (nSPS) is 15.1. The van der Waals surface area contributed by atoms with Gasteiger partial charge in [0.15, 0.2) is 5.78 Å². The molecule has 0 radical (unpaired) electrons. The summed E-state index contributed by atoms with van der Waals surface area (Å²) in [6.45, 7) is 5.96. The minimum atomic E-state index is -4.40. The molecule has 1 saturated heterocycles. The number of thioether (sulfide) groups is 1. The third kappa shape index (κ3) is 6.78. The zero-order chi connectivity index (χ0) is 23.3. The largest absolute Gasteiger partial charge is 0.446 e. The number of anilines is 1. The fourth-order valence-electron chi connectivity index (χ4n) is 3.21. The van der Waals surface area contributed by atoms with Gasteiger partial charge < -0.3 is 10.1 Å². The number of rotatable bonds is 7.